The molecule has 0 aliphatic rings. The zero-order valence-electron chi connectivity index (χ0n) is 18.9. The van der Waals surface area contributed by atoms with Gasteiger partial charge >= 0.3 is 0 Å². The van der Waals surface area contributed by atoms with Crippen molar-refractivity contribution in [2.45, 2.75) is 56.0 Å². The quantitative estimate of drug-likeness (QED) is 0.704. The lowest BCUT2D eigenvalue weighted by molar-refractivity contribution is 0.0741. The summed E-state index contributed by atoms with van der Waals surface area (Å²) < 4.78 is 51.3. The highest BCUT2D eigenvalue weighted by atomic mass is 32.2. The van der Waals surface area contributed by atoms with Crippen LogP contribution in [0.5, 0.6) is 0 Å². The number of amides is 1. The molecule has 170 valence electrons. The van der Waals surface area contributed by atoms with Crippen molar-refractivity contribution in [1.29, 1.82) is 0 Å². The minimum atomic E-state index is -3.79. The number of carbonyl (C=O) groups is 1. The second-order valence-corrected chi connectivity index (χ2v) is 12.5. The molecular formula is C22H30N2O5S2. The number of carbonyl (C=O) groups excluding carboxylic acids is 1. The summed E-state index contributed by atoms with van der Waals surface area (Å²) in [5.41, 5.74) is 1.06. The van der Waals surface area contributed by atoms with Crippen LogP contribution in [0.1, 0.15) is 55.2 Å². The van der Waals surface area contributed by atoms with E-state index in [-0.39, 0.29) is 21.7 Å². The average Bonchev–Trinajstić information content (AvgIpc) is 2.64. The molecule has 1 unspecified atom stereocenters. The Kier molecular flexibility index (Phi) is 7.04. The Labute approximate surface area is 185 Å². The number of benzene rings is 2. The Morgan fingerprint density at radius 3 is 1.97 bits per heavy atom. The van der Waals surface area contributed by atoms with E-state index < -0.39 is 25.4 Å². The van der Waals surface area contributed by atoms with E-state index in [0.717, 1.165) is 11.8 Å². The zero-order chi connectivity index (χ0) is 23.8. The van der Waals surface area contributed by atoms with Gasteiger partial charge in [-0.2, -0.15) is 0 Å². The molecule has 0 radical (unpaired) electrons. The fourth-order valence-corrected chi connectivity index (χ4v) is 5.12. The summed E-state index contributed by atoms with van der Waals surface area (Å²) in [7, 11) is -5.46. The third-order valence-corrected chi connectivity index (χ3v) is 7.77. The van der Waals surface area contributed by atoms with Gasteiger partial charge in [0.15, 0.2) is 9.84 Å². The Hall–Kier alpha value is -2.23. The largest absolute Gasteiger partial charge is 0.335 e. The lowest BCUT2D eigenvalue weighted by Gasteiger charge is -2.26. The predicted octanol–water partition coefficient (Wildman–Crippen LogP) is 3.31. The summed E-state index contributed by atoms with van der Waals surface area (Å²) in [6.07, 6.45) is 1.14. The van der Waals surface area contributed by atoms with Crippen LogP contribution in [-0.4, -0.2) is 46.5 Å². The number of sulfone groups is 1. The van der Waals surface area contributed by atoms with Gasteiger partial charge in [0.25, 0.3) is 5.91 Å². The molecule has 0 spiro atoms. The number of nitrogens with one attached hydrogen (secondary N) is 1. The van der Waals surface area contributed by atoms with Crippen LogP contribution in [0.4, 0.5) is 0 Å². The lowest BCUT2D eigenvalue weighted by Crippen LogP contribution is -2.40. The smallest absolute Gasteiger partial charge is 0.254 e. The maximum atomic E-state index is 13.2. The molecule has 0 saturated heterocycles. The first-order valence-corrected chi connectivity index (χ1v) is 13.1. The molecular weight excluding hydrogens is 436 g/mol. The van der Waals surface area contributed by atoms with Gasteiger partial charge in [0.2, 0.25) is 10.0 Å². The topological polar surface area (TPSA) is 101 Å². The maximum Gasteiger partial charge on any atom is 0.254 e. The van der Waals surface area contributed by atoms with Crippen LogP contribution in [0.15, 0.2) is 52.3 Å². The number of hydrogen-bond acceptors (Lipinski definition) is 5. The van der Waals surface area contributed by atoms with Crippen LogP contribution in [0.3, 0.4) is 0 Å². The van der Waals surface area contributed by atoms with Crippen molar-refractivity contribution in [2.24, 2.45) is 0 Å². The van der Waals surface area contributed by atoms with Gasteiger partial charge in [0.1, 0.15) is 0 Å². The molecule has 0 aliphatic carbocycles. The maximum absolute atomic E-state index is 13.2. The number of nitrogens with zero attached hydrogens (tertiary/aromatic N) is 1. The van der Waals surface area contributed by atoms with E-state index in [9.17, 15) is 21.6 Å². The van der Waals surface area contributed by atoms with Gasteiger partial charge in [0, 0.05) is 24.4 Å². The minimum absolute atomic E-state index is 0.0231. The minimum Gasteiger partial charge on any atom is -0.335 e. The third-order valence-electron chi connectivity index (χ3n) is 4.88. The van der Waals surface area contributed by atoms with Crippen molar-refractivity contribution in [3.8, 4) is 0 Å². The van der Waals surface area contributed by atoms with Gasteiger partial charge in [0.05, 0.1) is 15.8 Å². The monoisotopic (exact) mass is 466 g/mol. The van der Waals surface area contributed by atoms with Crippen LogP contribution in [0.2, 0.25) is 0 Å². The Balaban J connectivity index is 2.35. The van der Waals surface area contributed by atoms with Crippen molar-refractivity contribution >= 4 is 25.8 Å². The van der Waals surface area contributed by atoms with E-state index >= 15 is 0 Å². The van der Waals surface area contributed by atoms with Crippen LogP contribution in [0, 0.1) is 6.92 Å². The van der Waals surface area contributed by atoms with E-state index in [2.05, 4.69) is 4.72 Å². The van der Waals surface area contributed by atoms with Gasteiger partial charge in [-0.05, 0) is 70.0 Å². The van der Waals surface area contributed by atoms with Crippen molar-refractivity contribution < 1.29 is 21.6 Å². The highest BCUT2D eigenvalue weighted by Crippen LogP contribution is 2.25. The fourth-order valence-electron chi connectivity index (χ4n) is 3.04. The highest BCUT2D eigenvalue weighted by molar-refractivity contribution is 7.90. The van der Waals surface area contributed by atoms with Crippen LogP contribution in [-0.2, 0) is 19.9 Å². The van der Waals surface area contributed by atoms with E-state index in [1.54, 1.807) is 52.9 Å². The van der Waals surface area contributed by atoms with Gasteiger partial charge in [-0.3, -0.25) is 4.79 Å². The second kappa shape index (κ2) is 8.72. The van der Waals surface area contributed by atoms with Crippen molar-refractivity contribution in [2.75, 3.05) is 13.3 Å². The molecule has 1 amide bonds. The van der Waals surface area contributed by atoms with Gasteiger partial charge < -0.3 is 4.90 Å². The molecule has 9 heteroatoms. The summed E-state index contributed by atoms with van der Waals surface area (Å²) in [5, 5.41) is 0. The van der Waals surface area contributed by atoms with Crippen molar-refractivity contribution in [1.82, 2.24) is 9.62 Å². The molecule has 0 heterocycles. The fraction of sp³-hybridized carbons (Fsp3) is 0.409. The normalized spacial score (nSPS) is 13.6. The van der Waals surface area contributed by atoms with E-state index in [0.29, 0.717) is 11.1 Å². The summed E-state index contributed by atoms with van der Waals surface area (Å²) in [6.45, 7) is 8.81. The van der Waals surface area contributed by atoms with Gasteiger partial charge in [-0.1, -0.05) is 18.2 Å². The molecule has 1 atom stereocenters. The first kappa shape index (κ1) is 25.0. The number of aryl methyl sites for hydroxylation is 1. The summed E-state index contributed by atoms with van der Waals surface area (Å²) in [6, 6.07) is 10.5. The predicted molar refractivity (Wildman–Crippen MR) is 121 cm³/mol. The van der Waals surface area contributed by atoms with Crippen LogP contribution < -0.4 is 4.72 Å². The molecule has 0 saturated carbocycles. The zero-order valence-corrected chi connectivity index (χ0v) is 20.6. The first-order valence-electron chi connectivity index (χ1n) is 9.75. The molecule has 0 fully saturated rings. The molecule has 0 aliphatic heterocycles. The van der Waals surface area contributed by atoms with Gasteiger partial charge in [-0.15, -0.1) is 0 Å². The molecule has 7 nitrogen and oxygen atoms in total. The van der Waals surface area contributed by atoms with Crippen molar-refractivity contribution in [3.63, 3.8) is 0 Å². The molecule has 1 N–H and O–H groups in total. The summed E-state index contributed by atoms with van der Waals surface area (Å²) in [4.78, 5) is 14.9. The molecule has 0 bridgehead atoms. The summed E-state index contributed by atoms with van der Waals surface area (Å²) >= 11 is 0. The van der Waals surface area contributed by atoms with E-state index in [1.807, 2.05) is 6.92 Å². The molecule has 2 aromatic carbocycles. The molecule has 0 aromatic heterocycles. The van der Waals surface area contributed by atoms with Crippen molar-refractivity contribution in [3.05, 3.63) is 59.2 Å². The second-order valence-electron chi connectivity index (χ2n) is 8.77. The molecule has 31 heavy (non-hydrogen) atoms. The highest BCUT2D eigenvalue weighted by Gasteiger charge is 2.26. The molecule has 2 rings (SSSR count). The number of hydrogen-bond donors (Lipinski definition) is 1. The Bertz CT molecular complexity index is 1180. The third kappa shape index (κ3) is 6.15. The summed E-state index contributed by atoms with van der Waals surface area (Å²) in [5.74, 6) is -0.329. The van der Waals surface area contributed by atoms with Crippen LogP contribution >= 0.6 is 0 Å². The lowest BCUT2D eigenvalue weighted by atomic mass is 10.0. The SMILES string of the molecule is Cc1ccc(S(=O)(=O)NC(C)(C)C)cc1C(=O)N(C)C(C)c1ccc(S(C)(=O)=O)cc1. The number of sulfonamides is 1. The van der Waals surface area contributed by atoms with Gasteiger partial charge in [-0.25, -0.2) is 21.6 Å². The Morgan fingerprint density at radius 2 is 1.48 bits per heavy atom. The van der Waals surface area contributed by atoms with E-state index in [1.165, 1.54) is 29.2 Å². The average molecular weight is 467 g/mol. The van der Waals surface area contributed by atoms with E-state index in [4.69, 9.17) is 0 Å². The number of rotatable bonds is 6. The Morgan fingerprint density at radius 1 is 0.968 bits per heavy atom. The van der Waals surface area contributed by atoms with Crippen LogP contribution in [0.25, 0.3) is 0 Å². The molecule has 2 aromatic rings. The standard InChI is InChI=1S/C22H30N2O5S2/c1-15-8-11-19(31(28,29)23-22(3,4)5)14-20(15)21(25)24(6)16(2)17-9-12-18(13-10-17)30(7,26)27/h8-14,16,23H,1-7H3. The first-order chi connectivity index (χ1) is 14.0.